The maximum absolute atomic E-state index is 8.84. The van der Waals surface area contributed by atoms with Gasteiger partial charge in [-0.25, -0.2) is 9.78 Å². The summed E-state index contributed by atoms with van der Waals surface area (Å²) in [5, 5.41) is 17.3. The van der Waals surface area contributed by atoms with E-state index in [4.69, 9.17) is 15.1 Å². The molecule has 0 aromatic carbocycles. The fourth-order valence-electron chi connectivity index (χ4n) is 0.826. The summed E-state index contributed by atoms with van der Waals surface area (Å²) in [5.74, 6) is 0. The summed E-state index contributed by atoms with van der Waals surface area (Å²) >= 11 is 0. The normalized spacial score (nSPS) is 13.2. The zero-order chi connectivity index (χ0) is 9.94. The average Bonchev–Trinajstić information content (AvgIpc) is 2.16. The zero-order valence-electron chi connectivity index (χ0n) is 8.24. The Morgan fingerprint density at radius 1 is 1.15 bits per heavy atom. The molecule has 0 aliphatic heterocycles. The Balaban J connectivity index is 2.91. The summed E-state index contributed by atoms with van der Waals surface area (Å²) in [4.78, 5) is 9.44. The molecule has 1 atom stereocenters. The van der Waals surface area contributed by atoms with E-state index in [0.717, 1.165) is 12.8 Å². The zero-order valence-corrected chi connectivity index (χ0v) is 8.24. The number of aliphatic hydroxyl groups excluding tert-OH is 2. The molecule has 0 rings (SSSR count). The Labute approximate surface area is 79.4 Å². The molecule has 0 radical (unpaired) electrons. The van der Waals surface area contributed by atoms with Gasteiger partial charge in [-0.3, -0.25) is 0 Å². The van der Waals surface area contributed by atoms with Gasteiger partial charge in [-0.2, -0.15) is 0 Å². The lowest BCUT2D eigenvalue weighted by atomic mass is 10.2. The fraction of sp³-hybridized carbons (Fsp3) is 1.00. The molecule has 0 aliphatic carbocycles. The molecule has 0 aromatic rings. The topological polar surface area (TPSA) is 58.9 Å². The summed E-state index contributed by atoms with van der Waals surface area (Å²) in [5.41, 5.74) is 0. The molecule has 80 valence electrons. The molecule has 0 aliphatic rings. The Bertz CT molecular complexity index is 97.6. The van der Waals surface area contributed by atoms with Crippen molar-refractivity contribution in [3.05, 3.63) is 0 Å². The van der Waals surface area contributed by atoms with E-state index in [9.17, 15) is 0 Å². The summed E-state index contributed by atoms with van der Waals surface area (Å²) in [6.45, 7) is 2.44. The molecular formula is C9H20O4. The quantitative estimate of drug-likeness (QED) is 0.323. The summed E-state index contributed by atoms with van der Waals surface area (Å²) in [6, 6.07) is 0. The minimum absolute atomic E-state index is 0.0320. The number of unbranched alkanes of at least 4 members (excludes halogenated alkanes) is 3. The molecule has 0 bridgehead atoms. The first-order chi connectivity index (χ1) is 6.31. The number of aliphatic hydroxyl groups is 2. The van der Waals surface area contributed by atoms with Crippen LogP contribution in [0.4, 0.5) is 0 Å². The summed E-state index contributed by atoms with van der Waals surface area (Å²) < 4.78 is 0. The first kappa shape index (κ1) is 12.8. The molecule has 0 fully saturated rings. The molecular weight excluding hydrogens is 172 g/mol. The molecule has 0 aromatic heterocycles. The van der Waals surface area contributed by atoms with Crippen molar-refractivity contribution in [1.29, 1.82) is 0 Å². The predicted octanol–water partition coefficient (Wildman–Crippen LogP) is 0.868. The van der Waals surface area contributed by atoms with Gasteiger partial charge in [0.1, 0.15) is 12.7 Å². The van der Waals surface area contributed by atoms with E-state index < -0.39 is 6.10 Å². The Morgan fingerprint density at radius 3 is 2.54 bits per heavy atom. The Kier molecular flexibility index (Phi) is 9.80. The maximum Gasteiger partial charge on any atom is 0.110 e. The molecule has 0 amide bonds. The summed E-state index contributed by atoms with van der Waals surface area (Å²) in [7, 11) is 0. The van der Waals surface area contributed by atoms with Crippen LogP contribution >= 0.6 is 0 Å². The van der Waals surface area contributed by atoms with E-state index in [1.54, 1.807) is 0 Å². The SMILES string of the molecule is CCCCCCOOCC(O)CO. The average molecular weight is 192 g/mol. The standard InChI is InChI=1S/C9H20O4/c1-2-3-4-5-6-12-13-8-9(11)7-10/h9-11H,2-8H2,1H3. The van der Waals surface area contributed by atoms with Gasteiger partial charge in [-0.05, 0) is 6.42 Å². The smallest absolute Gasteiger partial charge is 0.110 e. The fourth-order valence-corrected chi connectivity index (χ4v) is 0.826. The van der Waals surface area contributed by atoms with Crippen LogP contribution in [0, 0.1) is 0 Å². The molecule has 4 nitrogen and oxygen atoms in total. The molecule has 2 N–H and O–H groups in total. The van der Waals surface area contributed by atoms with E-state index >= 15 is 0 Å². The van der Waals surface area contributed by atoms with Crippen LogP contribution in [-0.2, 0) is 9.78 Å². The first-order valence-corrected chi connectivity index (χ1v) is 4.84. The second-order valence-electron chi connectivity index (χ2n) is 3.00. The largest absolute Gasteiger partial charge is 0.394 e. The van der Waals surface area contributed by atoms with Gasteiger partial charge in [0.05, 0.1) is 13.2 Å². The first-order valence-electron chi connectivity index (χ1n) is 4.84. The minimum Gasteiger partial charge on any atom is -0.394 e. The van der Waals surface area contributed by atoms with Gasteiger partial charge in [0.2, 0.25) is 0 Å². The maximum atomic E-state index is 8.84. The monoisotopic (exact) mass is 192 g/mol. The third-order valence-corrected chi connectivity index (χ3v) is 1.64. The number of hydrogen-bond donors (Lipinski definition) is 2. The van der Waals surface area contributed by atoms with Crippen molar-refractivity contribution in [3.63, 3.8) is 0 Å². The van der Waals surface area contributed by atoms with Gasteiger partial charge < -0.3 is 10.2 Å². The Morgan fingerprint density at radius 2 is 1.92 bits per heavy atom. The van der Waals surface area contributed by atoms with Gasteiger partial charge in [-0.1, -0.05) is 26.2 Å². The van der Waals surface area contributed by atoms with Crippen LogP contribution in [0.15, 0.2) is 0 Å². The van der Waals surface area contributed by atoms with Crippen LogP contribution in [-0.4, -0.2) is 36.1 Å². The lowest BCUT2D eigenvalue weighted by molar-refractivity contribution is -0.306. The molecule has 0 spiro atoms. The number of rotatable bonds is 9. The summed E-state index contributed by atoms with van der Waals surface area (Å²) in [6.07, 6.45) is 3.69. The van der Waals surface area contributed by atoms with Crippen molar-refractivity contribution < 1.29 is 20.0 Å². The molecule has 0 saturated heterocycles. The van der Waals surface area contributed by atoms with Crippen molar-refractivity contribution in [2.45, 2.75) is 38.7 Å². The minimum atomic E-state index is -0.837. The van der Waals surface area contributed by atoms with Gasteiger partial charge >= 0.3 is 0 Å². The van der Waals surface area contributed by atoms with Crippen LogP contribution in [0.5, 0.6) is 0 Å². The third-order valence-electron chi connectivity index (χ3n) is 1.64. The van der Waals surface area contributed by atoms with Gasteiger partial charge in [0.15, 0.2) is 0 Å². The predicted molar refractivity (Wildman–Crippen MR) is 49.1 cm³/mol. The Hall–Kier alpha value is -0.160. The lowest BCUT2D eigenvalue weighted by Gasteiger charge is -2.06. The van der Waals surface area contributed by atoms with Gasteiger partial charge in [-0.15, -0.1) is 0 Å². The van der Waals surface area contributed by atoms with Crippen molar-refractivity contribution in [3.8, 4) is 0 Å². The van der Waals surface area contributed by atoms with Crippen molar-refractivity contribution in [2.24, 2.45) is 0 Å². The highest BCUT2D eigenvalue weighted by Crippen LogP contribution is 1.99. The third kappa shape index (κ3) is 9.76. The van der Waals surface area contributed by atoms with Crippen LogP contribution in [0.3, 0.4) is 0 Å². The molecule has 13 heavy (non-hydrogen) atoms. The molecule has 0 heterocycles. The number of hydrogen-bond acceptors (Lipinski definition) is 4. The van der Waals surface area contributed by atoms with Crippen molar-refractivity contribution >= 4 is 0 Å². The van der Waals surface area contributed by atoms with Gasteiger partial charge in [0, 0.05) is 0 Å². The second-order valence-corrected chi connectivity index (χ2v) is 3.00. The van der Waals surface area contributed by atoms with E-state index in [-0.39, 0.29) is 13.2 Å². The van der Waals surface area contributed by atoms with Crippen LogP contribution in [0.25, 0.3) is 0 Å². The van der Waals surface area contributed by atoms with Crippen molar-refractivity contribution in [1.82, 2.24) is 0 Å². The highest BCUT2D eigenvalue weighted by molar-refractivity contribution is 4.45. The lowest BCUT2D eigenvalue weighted by Crippen LogP contribution is -2.19. The molecule has 0 saturated carbocycles. The highest BCUT2D eigenvalue weighted by Gasteiger charge is 2.01. The van der Waals surface area contributed by atoms with E-state index in [2.05, 4.69) is 11.8 Å². The highest BCUT2D eigenvalue weighted by atomic mass is 17.2. The van der Waals surface area contributed by atoms with Crippen molar-refractivity contribution in [2.75, 3.05) is 19.8 Å². The molecule has 4 heteroatoms. The van der Waals surface area contributed by atoms with E-state index in [0.29, 0.717) is 6.61 Å². The van der Waals surface area contributed by atoms with E-state index in [1.807, 2.05) is 0 Å². The second kappa shape index (κ2) is 9.92. The van der Waals surface area contributed by atoms with Crippen LogP contribution < -0.4 is 0 Å². The van der Waals surface area contributed by atoms with E-state index in [1.165, 1.54) is 12.8 Å². The molecule has 1 unspecified atom stereocenters. The van der Waals surface area contributed by atoms with Crippen LogP contribution in [0.1, 0.15) is 32.6 Å². The van der Waals surface area contributed by atoms with Gasteiger partial charge in [0.25, 0.3) is 0 Å². The van der Waals surface area contributed by atoms with Crippen LogP contribution in [0.2, 0.25) is 0 Å².